The van der Waals surface area contributed by atoms with Crippen LogP contribution in [0.5, 0.6) is 0 Å². The molecule has 0 spiro atoms. The fourth-order valence-corrected chi connectivity index (χ4v) is 3.39. The number of carbonyl (C=O) groups excluding carboxylic acids is 1. The minimum Gasteiger partial charge on any atom is -0.339 e. The normalized spacial score (nSPS) is 16.6. The number of fused-ring (bicyclic) bond motifs is 1. The molecule has 0 saturated carbocycles. The van der Waals surface area contributed by atoms with E-state index in [2.05, 4.69) is 29.4 Å². The van der Waals surface area contributed by atoms with E-state index >= 15 is 0 Å². The van der Waals surface area contributed by atoms with Gasteiger partial charge in [-0.25, -0.2) is 0 Å². The van der Waals surface area contributed by atoms with E-state index in [9.17, 15) is 4.79 Å². The second kappa shape index (κ2) is 5.95. The maximum Gasteiger partial charge on any atom is 0.224 e. The zero-order valence-corrected chi connectivity index (χ0v) is 13.5. The van der Waals surface area contributed by atoms with E-state index in [1.807, 2.05) is 36.5 Å². The zero-order valence-electron chi connectivity index (χ0n) is 13.5. The van der Waals surface area contributed by atoms with Gasteiger partial charge in [-0.2, -0.15) is 5.10 Å². The van der Waals surface area contributed by atoms with Gasteiger partial charge in [0.1, 0.15) is 0 Å². The standard InChI is InChI=1S/C18H23N3O/c1-13-12-14(2)21(19-13)11-10-18(22)20(3)17-9-8-15-6-4-5-7-16(15)17/h4-7,12,17H,8-11H2,1-3H3/t17-/m1/s1. The molecule has 0 N–H and O–H groups in total. The third-order valence-corrected chi connectivity index (χ3v) is 4.60. The minimum atomic E-state index is 0.189. The van der Waals surface area contributed by atoms with Crippen LogP contribution in [0, 0.1) is 13.8 Å². The molecular formula is C18H23N3O. The predicted molar refractivity (Wildman–Crippen MR) is 86.6 cm³/mol. The Bertz CT molecular complexity index is 689. The molecule has 0 unspecified atom stereocenters. The number of nitrogens with zero attached hydrogens (tertiary/aromatic N) is 3. The van der Waals surface area contributed by atoms with Crippen molar-refractivity contribution >= 4 is 5.91 Å². The van der Waals surface area contributed by atoms with Crippen molar-refractivity contribution in [2.45, 2.75) is 45.7 Å². The van der Waals surface area contributed by atoms with Crippen molar-refractivity contribution in [2.24, 2.45) is 0 Å². The lowest BCUT2D eigenvalue weighted by Gasteiger charge is -2.25. The highest BCUT2D eigenvalue weighted by molar-refractivity contribution is 5.76. The quantitative estimate of drug-likeness (QED) is 0.870. The topological polar surface area (TPSA) is 38.1 Å². The van der Waals surface area contributed by atoms with Crippen LogP contribution in [0.1, 0.15) is 41.4 Å². The molecule has 3 rings (SSSR count). The van der Waals surface area contributed by atoms with Crippen molar-refractivity contribution in [2.75, 3.05) is 7.05 Å². The molecular weight excluding hydrogens is 274 g/mol. The summed E-state index contributed by atoms with van der Waals surface area (Å²) >= 11 is 0. The molecule has 0 saturated heterocycles. The zero-order chi connectivity index (χ0) is 15.7. The van der Waals surface area contributed by atoms with Gasteiger partial charge >= 0.3 is 0 Å². The summed E-state index contributed by atoms with van der Waals surface area (Å²) in [6.45, 7) is 4.66. The molecule has 1 aromatic heterocycles. The molecule has 1 aliphatic carbocycles. The van der Waals surface area contributed by atoms with Crippen molar-refractivity contribution in [3.8, 4) is 0 Å². The van der Waals surface area contributed by atoms with Crippen LogP contribution >= 0.6 is 0 Å². The Balaban J connectivity index is 1.64. The maximum atomic E-state index is 12.5. The lowest BCUT2D eigenvalue weighted by Crippen LogP contribution is -2.30. The van der Waals surface area contributed by atoms with E-state index in [-0.39, 0.29) is 11.9 Å². The maximum absolute atomic E-state index is 12.5. The summed E-state index contributed by atoms with van der Waals surface area (Å²) < 4.78 is 1.92. The van der Waals surface area contributed by atoms with Crippen LogP contribution in [0.2, 0.25) is 0 Å². The van der Waals surface area contributed by atoms with Gasteiger partial charge in [0.25, 0.3) is 0 Å². The fourth-order valence-electron chi connectivity index (χ4n) is 3.39. The average Bonchev–Trinajstić information content (AvgIpc) is 3.07. The van der Waals surface area contributed by atoms with E-state index < -0.39 is 0 Å². The molecule has 22 heavy (non-hydrogen) atoms. The highest BCUT2D eigenvalue weighted by Gasteiger charge is 2.28. The number of carbonyl (C=O) groups is 1. The van der Waals surface area contributed by atoms with Crippen molar-refractivity contribution in [1.29, 1.82) is 0 Å². The second-order valence-electron chi connectivity index (χ2n) is 6.16. The third kappa shape index (κ3) is 2.78. The Hall–Kier alpha value is -2.10. The molecule has 1 amide bonds. The summed E-state index contributed by atoms with van der Waals surface area (Å²) in [6, 6.07) is 10.7. The number of aromatic nitrogens is 2. The summed E-state index contributed by atoms with van der Waals surface area (Å²) in [5.74, 6) is 0.189. The van der Waals surface area contributed by atoms with Crippen molar-refractivity contribution in [3.05, 3.63) is 52.8 Å². The van der Waals surface area contributed by atoms with Crippen molar-refractivity contribution in [1.82, 2.24) is 14.7 Å². The van der Waals surface area contributed by atoms with Gasteiger partial charge < -0.3 is 4.90 Å². The molecule has 0 fully saturated rings. The molecule has 0 radical (unpaired) electrons. The van der Waals surface area contributed by atoms with E-state index in [4.69, 9.17) is 0 Å². The predicted octanol–water partition coefficient (Wildman–Crippen LogP) is 3.04. The van der Waals surface area contributed by atoms with Gasteiger partial charge in [0.15, 0.2) is 0 Å². The van der Waals surface area contributed by atoms with Gasteiger partial charge in [0.2, 0.25) is 5.91 Å². The number of hydrogen-bond acceptors (Lipinski definition) is 2. The molecule has 1 aliphatic rings. The molecule has 0 aliphatic heterocycles. The largest absolute Gasteiger partial charge is 0.339 e. The summed E-state index contributed by atoms with van der Waals surface area (Å²) in [5.41, 5.74) is 4.80. The molecule has 116 valence electrons. The van der Waals surface area contributed by atoms with E-state index in [0.717, 1.165) is 24.2 Å². The molecule has 0 bridgehead atoms. The average molecular weight is 297 g/mol. The van der Waals surface area contributed by atoms with Crippen LogP contribution < -0.4 is 0 Å². The number of amides is 1. The van der Waals surface area contributed by atoms with Crippen LogP contribution in [0.3, 0.4) is 0 Å². The Kier molecular flexibility index (Phi) is 4.01. The molecule has 4 heteroatoms. The number of rotatable bonds is 4. The van der Waals surface area contributed by atoms with Crippen LogP contribution in [-0.4, -0.2) is 27.6 Å². The lowest BCUT2D eigenvalue weighted by atomic mass is 10.1. The van der Waals surface area contributed by atoms with Gasteiger partial charge in [0.05, 0.1) is 11.7 Å². The van der Waals surface area contributed by atoms with Gasteiger partial charge in [-0.05, 0) is 43.9 Å². The minimum absolute atomic E-state index is 0.189. The summed E-state index contributed by atoms with van der Waals surface area (Å²) in [6.07, 6.45) is 2.59. The first-order valence-electron chi connectivity index (χ1n) is 7.91. The Labute approximate surface area is 131 Å². The van der Waals surface area contributed by atoms with Crippen LogP contribution in [-0.2, 0) is 17.8 Å². The molecule has 1 heterocycles. The Morgan fingerprint density at radius 1 is 1.36 bits per heavy atom. The summed E-state index contributed by atoms with van der Waals surface area (Å²) in [4.78, 5) is 14.4. The Morgan fingerprint density at radius 2 is 2.14 bits per heavy atom. The fraction of sp³-hybridized carbons (Fsp3) is 0.444. The van der Waals surface area contributed by atoms with E-state index in [1.165, 1.54) is 11.1 Å². The van der Waals surface area contributed by atoms with Crippen LogP contribution in [0.25, 0.3) is 0 Å². The van der Waals surface area contributed by atoms with Gasteiger partial charge in [-0.1, -0.05) is 24.3 Å². The summed E-state index contributed by atoms with van der Waals surface area (Å²) in [5, 5.41) is 4.42. The third-order valence-electron chi connectivity index (χ3n) is 4.60. The van der Waals surface area contributed by atoms with E-state index in [0.29, 0.717) is 13.0 Å². The smallest absolute Gasteiger partial charge is 0.224 e. The Morgan fingerprint density at radius 3 is 2.86 bits per heavy atom. The first kappa shape index (κ1) is 14.8. The molecule has 1 aromatic carbocycles. The molecule has 4 nitrogen and oxygen atoms in total. The highest BCUT2D eigenvalue weighted by atomic mass is 16.2. The number of benzene rings is 1. The monoisotopic (exact) mass is 297 g/mol. The summed E-state index contributed by atoms with van der Waals surface area (Å²) in [7, 11) is 1.93. The van der Waals surface area contributed by atoms with E-state index in [1.54, 1.807) is 0 Å². The van der Waals surface area contributed by atoms with Crippen molar-refractivity contribution in [3.63, 3.8) is 0 Å². The van der Waals surface area contributed by atoms with Gasteiger partial charge in [0, 0.05) is 25.7 Å². The van der Waals surface area contributed by atoms with Crippen molar-refractivity contribution < 1.29 is 4.79 Å². The number of hydrogen-bond donors (Lipinski definition) is 0. The first-order chi connectivity index (χ1) is 10.6. The second-order valence-corrected chi connectivity index (χ2v) is 6.16. The highest BCUT2D eigenvalue weighted by Crippen LogP contribution is 2.35. The SMILES string of the molecule is Cc1cc(C)n(CCC(=O)N(C)[C@@H]2CCc3ccccc32)n1. The van der Waals surface area contributed by atoms with Gasteiger partial charge in [-0.3, -0.25) is 9.48 Å². The van der Waals surface area contributed by atoms with Gasteiger partial charge in [-0.15, -0.1) is 0 Å². The van der Waals surface area contributed by atoms with Crippen LogP contribution in [0.4, 0.5) is 0 Å². The lowest BCUT2D eigenvalue weighted by molar-refractivity contribution is -0.132. The van der Waals surface area contributed by atoms with Crippen LogP contribution in [0.15, 0.2) is 30.3 Å². The number of aryl methyl sites for hydroxylation is 4. The molecule has 2 aromatic rings. The molecule has 1 atom stereocenters. The first-order valence-corrected chi connectivity index (χ1v) is 7.91.